The zero-order valence-electron chi connectivity index (χ0n) is 12.6. The maximum absolute atomic E-state index is 13.2. The van der Waals surface area contributed by atoms with Crippen LogP contribution in [0.15, 0.2) is 42.6 Å². The summed E-state index contributed by atoms with van der Waals surface area (Å²) in [6.07, 6.45) is 1.63. The summed E-state index contributed by atoms with van der Waals surface area (Å²) in [5, 5.41) is 0. The van der Waals surface area contributed by atoms with E-state index >= 15 is 0 Å². The predicted octanol–water partition coefficient (Wildman–Crippen LogP) is 3.84. The Bertz CT molecular complexity index is 849. The summed E-state index contributed by atoms with van der Waals surface area (Å²) in [5.41, 5.74) is 1.80. The molecule has 0 aliphatic carbocycles. The van der Waals surface area contributed by atoms with Gasteiger partial charge in [0.25, 0.3) is 0 Å². The summed E-state index contributed by atoms with van der Waals surface area (Å²) in [6, 6.07) is 8.61. The molecule has 0 fully saturated rings. The molecule has 4 nitrogen and oxygen atoms in total. The van der Waals surface area contributed by atoms with Crippen LogP contribution >= 0.6 is 0 Å². The second kappa shape index (κ2) is 6.66. The van der Waals surface area contributed by atoms with Crippen molar-refractivity contribution in [3.8, 4) is 17.3 Å². The minimum absolute atomic E-state index is 0.0479. The van der Waals surface area contributed by atoms with E-state index in [0.29, 0.717) is 22.9 Å². The molecule has 0 atom stereocenters. The predicted molar refractivity (Wildman–Crippen MR) is 80.6 cm³/mol. The Morgan fingerprint density at radius 1 is 1.00 bits per heavy atom. The van der Waals surface area contributed by atoms with Crippen LogP contribution in [-0.4, -0.2) is 15.0 Å². The number of ether oxygens (including phenoxy) is 1. The van der Waals surface area contributed by atoms with E-state index < -0.39 is 17.5 Å². The van der Waals surface area contributed by atoms with E-state index in [2.05, 4.69) is 15.0 Å². The normalized spacial score (nSPS) is 10.7. The fourth-order valence-corrected chi connectivity index (χ4v) is 2.09. The summed E-state index contributed by atoms with van der Waals surface area (Å²) < 4.78 is 44.6. The second-order valence-electron chi connectivity index (χ2n) is 5.03. The second-order valence-corrected chi connectivity index (χ2v) is 5.03. The van der Waals surface area contributed by atoms with Gasteiger partial charge in [-0.15, -0.1) is 0 Å². The van der Waals surface area contributed by atoms with Crippen LogP contribution in [0.5, 0.6) is 5.75 Å². The first-order valence-electron chi connectivity index (χ1n) is 7.06. The molecule has 1 aromatic carbocycles. The first-order chi connectivity index (χ1) is 11.5. The van der Waals surface area contributed by atoms with Crippen molar-refractivity contribution in [2.24, 2.45) is 0 Å². The zero-order chi connectivity index (χ0) is 17.1. The van der Waals surface area contributed by atoms with Gasteiger partial charge in [0, 0.05) is 24.0 Å². The standard InChI is InChI=1S/C17H12F3N3O/c1-10-6-11(23-17(22-10)15-4-2-3-5-21-15)9-24-12-7-13(18)16(20)14(19)8-12/h2-8H,9H2,1H3. The summed E-state index contributed by atoms with van der Waals surface area (Å²) in [4.78, 5) is 12.8. The lowest BCUT2D eigenvalue weighted by Gasteiger charge is -2.09. The van der Waals surface area contributed by atoms with Gasteiger partial charge in [-0.05, 0) is 25.1 Å². The molecule has 0 N–H and O–H groups in total. The van der Waals surface area contributed by atoms with Gasteiger partial charge in [-0.1, -0.05) is 6.07 Å². The molecule has 2 heterocycles. The lowest BCUT2D eigenvalue weighted by molar-refractivity contribution is 0.295. The lowest BCUT2D eigenvalue weighted by atomic mass is 10.3. The van der Waals surface area contributed by atoms with Crippen molar-refractivity contribution in [3.63, 3.8) is 0 Å². The number of hydrogen-bond donors (Lipinski definition) is 0. The van der Waals surface area contributed by atoms with Crippen molar-refractivity contribution in [3.05, 3.63) is 71.4 Å². The monoisotopic (exact) mass is 331 g/mol. The van der Waals surface area contributed by atoms with E-state index in [1.165, 1.54) is 0 Å². The molecule has 0 aliphatic heterocycles. The number of aryl methyl sites for hydroxylation is 1. The Morgan fingerprint density at radius 2 is 1.75 bits per heavy atom. The van der Waals surface area contributed by atoms with Crippen LogP contribution in [0.1, 0.15) is 11.4 Å². The largest absolute Gasteiger partial charge is 0.487 e. The average molecular weight is 331 g/mol. The SMILES string of the molecule is Cc1cc(COc2cc(F)c(F)c(F)c2)nc(-c2ccccn2)n1. The van der Waals surface area contributed by atoms with Crippen LogP contribution < -0.4 is 4.74 Å². The molecule has 0 radical (unpaired) electrons. The molecule has 0 unspecified atom stereocenters. The van der Waals surface area contributed by atoms with Gasteiger partial charge in [0.2, 0.25) is 0 Å². The highest BCUT2D eigenvalue weighted by atomic mass is 19.2. The average Bonchev–Trinajstić information content (AvgIpc) is 2.58. The molecule has 122 valence electrons. The fraction of sp³-hybridized carbons (Fsp3) is 0.118. The highest BCUT2D eigenvalue weighted by Gasteiger charge is 2.12. The van der Waals surface area contributed by atoms with Gasteiger partial charge in [0.1, 0.15) is 18.1 Å². The highest BCUT2D eigenvalue weighted by molar-refractivity contribution is 5.48. The van der Waals surface area contributed by atoms with Gasteiger partial charge in [0.15, 0.2) is 23.3 Å². The molecular weight excluding hydrogens is 319 g/mol. The Kier molecular flexibility index (Phi) is 4.41. The van der Waals surface area contributed by atoms with E-state index in [1.807, 2.05) is 6.07 Å². The van der Waals surface area contributed by atoms with Crippen LogP contribution in [-0.2, 0) is 6.61 Å². The molecule has 0 amide bonds. The van der Waals surface area contributed by atoms with Crippen LogP contribution in [0.3, 0.4) is 0 Å². The number of hydrogen-bond acceptors (Lipinski definition) is 4. The smallest absolute Gasteiger partial charge is 0.194 e. The van der Waals surface area contributed by atoms with Crippen LogP contribution in [0, 0.1) is 24.4 Å². The molecule has 7 heteroatoms. The van der Waals surface area contributed by atoms with Crippen LogP contribution in [0.4, 0.5) is 13.2 Å². The van der Waals surface area contributed by atoms with Crippen molar-refractivity contribution in [2.45, 2.75) is 13.5 Å². The van der Waals surface area contributed by atoms with E-state index in [9.17, 15) is 13.2 Å². The maximum Gasteiger partial charge on any atom is 0.194 e. The van der Waals surface area contributed by atoms with Gasteiger partial charge in [0.05, 0.1) is 5.69 Å². The number of nitrogens with zero attached hydrogens (tertiary/aromatic N) is 3. The molecule has 0 bridgehead atoms. The third-order valence-electron chi connectivity index (χ3n) is 3.15. The van der Waals surface area contributed by atoms with Gasteiger partial charge >= 0.3 is 0 Å². The molecule has 3 rings (SSSR count). The summed E-state index contributed by atoms with van der Waals surface area (Å²) in [7, 11) is 0. The lowest BCUT2D eigenvalue weighted by Crippen LogP contribution is -2.04. The Labute approximate surface area is 136 Å². The van der Waals surface area contributed by atoms with E-state index in [0.717, 1.165) is 12.1 Å². The fourth-order valence-electron chi connectivity index (χ4n) is 2.09. The Morgan fingerprint density at radius 3 is 2.42 bits per heavy atom. The number of halogens is 3. The molecule has 2 aromatic heterocycles. The zero-order valence-corrected chi connectivity index (χ0v) is 12.6. The van der Waals surface area contributed by atoms with Crippen molar-refractivity contribution in [1.82, 2.24) is 15.0 Å². The number of aromatic nitrogens is 3. The minimum atomic E-state index is -1.53. The van der Waals surface area contributed by atoms with Gasteiger partial charge in [-0.2, -0.15) is 0 Å². The van der Waals surface area contributed by atoms with E-state index in [-0.39, 0.29) is 12.4 Å². The molecule has 0 saturated carbocycles. The van der Waals surface area contributed by atoms with Gasteiger partial charge in [-0.3, -0.25) is 4.98 Å². The number of rotatable bonds is 4. The van der Waals surface area contributed by atoms with E-state index in [4.69, 9.17) is 4.74 Å². The van der Waals surface area contributed by atoms with Gasteiger partial charge in [-0.25, -0.2) is 23.1 Å². The number of benzene rings is 1. The van der Waals surface area contributed by atoms with Crippen molar-refractivity contribution in [1.29, 1.82) is 0 Å². The van der Waals surface area contributed by atoms with Crippen molar-refractivity contribution >= 4 is 0 Å². The van der Waals surface area contributed by atoms with Crippen LogP contribution in [0.25, 0.3) is 11.5 Å². The van der Waals surface area contributed by atoms with Gasteiger partial charge < -0.3 is 4.74 Å². The minimum Gasteiger partial charge on any atom is -0.487 e. The molecule has 24 heavy (non-hydrogen) atoms. The van der Waals surface area contributed by atoms with E-state index in [1.54, 1.807) is 31.3 Å². The Hall–Kier alpha value is -2.96. The number of pyridine rings is 1. The molecule has 0 saturated heterocycles. The van der Waals surface area contributed by atoms with Crippen molar-refractivity contribution in [2.75, 3.05) is 0 Å². The topological polar surface area (TPSA) is 47.9 Å². The molecule has 3 aromatic rings. The molecule has 0 aliphatic rings. The summed E-state index contributed by atoms with van der Waals surface area (Å²) >= 11 is 0. The first-order valence-corrected chi connectivity index (χ1v) is 7.06. The van der Waals surface area contributed by atoms with Crippen LogP contribution in [0.2, 0.25) is 0 Å². The highest BCUT2D eigenvalue weighted by Crippen LogP contribution is 2.20. The Balaban J connectivity index is 1.82. The quantitative estimate of drug-likeness (QED) is 0.682. The molecule has 0 spiro atoms. The first kappa shape index (κ1) is 15.9. The maximum atomic E-state index is 13.2. The van der Waals surface area contributed by atoms with Crippen molar-refractivity contribution < 1.29 is 17.9 Å². The molecular formula is C17H12F3N3O. The third kappa shape index (κ3) is 3.51. The summed E-state index contributed by atoms with van der Waals surface area (Å²) in [5.74, 6) is -3.85. The summed E-state index contributed by atoms with van der Waals surface area (Å²) in [6.45, 7) is 1.74. The third-order valence-corrected chi connectivity index (χ3v) is 3.15.